The highest BCUT2D eigenvalue weighted by atomic mass is 19.1. The summed E-state index contributed by atoms with van der Waals surface area (Å²) in [6.45, 7) is 1.21. The molecule has 0 unspecified atom stereocenters. The van der Waals surface area contributed by atoms with Crippen LogP contribution in [0, 0.1) is 5.82 Å². The van der Waals surface area contributed by atoms with E-state index >= 15 is 0 Å². The molecule has 2 heterocycles. The zero-order valence-electron chi connectivity index (χ0n) is 19.8. The van der Waals surface area contributed by atoms with E-state index in [4.69, 9.17) is 14.2 Å². The Morgan fingerprint density at radius 1 is 1.11 bits per heavy atom. The Labute approximate surface area is 205 Å². The molecule has 2 aromatic carbocycles. The smallest absolute Gasteiger partial charge is 0.165 e. The summed E-state index contributed by atoms with van der Waals surface area (Å²) in [6, 6.07) is 9.25. The first-order chi connectivity index (χ1) is 17.2. The van der Waals surface area contributed by atoms with Crippen LogP contribution in [0.25, 0.3) is 11.3 Å². The number of methoxy groups -OCH3 is 2. The lowest BCUT2D eigenvalue weighted by atomic mass is 9.95. The van der Waals surface area contributed by atoms with Gasteiger partial charge in [-0.1, -0.05) is 6.07 Å². The lowest BCUT2D eigenvalue weighted by Crippen LogP contribution is -2.63. The van der Waals surface area contributed by atoms with Crippen LogP contribution in [-0.2, 0) is 16.0 Å². The second-order valence-corrected chi connectivity index (χ2v) is 8.82. The second kappa shape index (κ2) is 9.17. The standard InChI is InChI=1S/C25H26FN3O7/c1-11(30)23-21(32)20(31)22(33)25(36-23)29(14-6-4-5-13(26)9-14)24-16-7-12-8-17(34-2)18(35-3)10-15(12)19(16)27-28-24/h4-6,8-10,20-23,25,31-33H,7H2,1-3H3,(H,27,28)/t20-,21-,22+,23+,25+/m0/s1. The third kappa shape index (κ3) is 3.80. The summed E-state index contributed by atoms with van der Waals surface area (Å²) in [5, 5.41) is 39.2. The molecule has 0 bridgehead atoms. The number of hydrogen-bond acceptors (Lipinski definition) is 9. The molecule has 10 nitrogen and oxygen atoms in total. The molecule has 1 fully saturated rings. The molecule has 0 saturated carbocycles. The number of carbonyl (C=O) groups excluding carboxylic acids is 1. The number of halogens is 1. The van der Waals surface area contributed by atoms with E-state index in [-0.39, 0.29) is 5.69 Å². The van der Waals surface area contributed by atoms with Crippen molar-refractivity contribution >= 4 is 17.3 Å². The van der Waals surface area contributed by atoms with Gasteiger partial charge in [-0.05, 0) is 42.8 Å². The van der Waals surface area contributed by atoms with Crippen molar-refractivity contribution in [2.75, 3.05) is 19.1 Å². The maximum absolute atomic E-state index is 14.3. The molecule has 0 spiro atoms. The van der Waals surface area contributed by atoms with Gasteiger partial charge in [0.1, 0.15) is 30.2 Å². The van der Waals surface area contributed by atoms with Crippen molar-refractivity contribution in [1.82, 2.24) is 10.2 Å². The molecule has 0 amide bonds. The van der Waals surface area contributed by atoms with Crippen LogP contribution in [0.15, 0.2) is 36.4 Å². The maximum atomic E-state index is 14.3. The summed E-state index contributed by atoms with van der Waals surface area (Å²) in [5.41, 5.74) is 3.45. The number of Topliss-reactive ketones (excluding diaryl/α,β-unsaturated/α-hetero) is 1. The maximum Gasteiger partial charge on any atom is 0.165 e. The largest absolute Gasteiger partial charge is 0.493 e. The minimum Gasteiger partial charge on any atom is -0.493 e. The summed E-state index contributed by atoms with van der Waals surface area (Å²) in [5.74, 6) is 0.327. The fourth-order valence-corrected chi connectivity index (χ4v) is 4.86. The van der Waals surface area contributed by atoms with Crippen molar-refractivity contribution in [1.29, 1.82) is 0 Å². The number of ether oxygens (including phenoxy) is 3. The average molecular weight is 499 g/mol. The zero-order chi connectivity index (χ0) is 25.7. The quantitative estimate of drug-likeness (QED) is 0.312. The summed E-state index contributed by atoms with van der Waals surface area (Å²) in [7, 11) is 3.08. The predicted molar refractivity (Wildman–Crippen MR) is 126 cm³/mol. The third-order valence-corrected chi connectivity index (χ3v) is 6.65. The number of carbonyl (C=O) groups is 1. The molecule has 1 saturated heterocycles. The first kappa shape index (κ1) is 24.2. The number of H-pyrrole nitrogens is 1. The van der Waals surface area contributed by atoms with Crippen molar-refractivity contribution < 1.29 is 38.7 Å². The molecule has 1 aromatic heterocycles. The second-order valence-electron chi connectivity index (χ2n) is 8.82. The van der Waals surface area contributed by atoms with E-state index in [1.165, 1.54) is 37.1 Å². The molecule has 5 atom stereocenters. The highest BCUT2D eigenvalue weighted by Crippen LogP contribution is 2.46. The van der Waals surface area contributed by atoms with Gasteiger partial charge in [-0.3, -0.25) is 14.8 Å². The number of rotatable bonds is 6. The minimum absolute atomic E-state index is 0.269. The topological polar surface area (TPSA) is 137 Å². The number of hydrogen-bond donors (Lipinski definition) is 4. The number of fused-ring (bicyclic) bond motifs is 3. The molecular formula is C25H26FN3O7. The van der Waals surface area contributed by atoms with E-state index in [0.29, 0.717) is 29.4 Å². The van der Waals surface area contributed by atoms with Gasteiger partial charge in [0.05, 0.1) is 19.9 Å². The summed E-state index contributed by atoms with van der Waals surface area (Å²) < 4.78 is 31.0. The molecular weight excluding hydrogens is 473 g/mol. The third-order valence-electron chi connectivity index (χ3n) is 6.65. The van der Waals surface area contributed by atoms with Crippen LogP contribution in [0.2, 0.25) is 0 Å². The number of aromatic amines is 1. The molecule has 36 heavy (non-hydrogen) atoms. The molecule has 11 heteroatoms. The number of aliphatic hydroxyl groups is 3. The number of nitrogens with one attached hydrogen (secondary N) is 1. The van der Waals surface area contributed by atoms with Gasteiger partial charge in [0, 0.05) is 23.2 Å². The van der Waals surface area contributed by atoms with Crippen molar-refractivity contribution in [2.24, 2.45) is 0 Å². The van der Waals surface area contributed by atoms with Crippen LogP contribution in [0.4, 0.5) is 15.9 Å². The van der Waals surface area contributed by atoms with Crippen LogP contribution >= 0.6 is 0 Å². The SMILES string of the molecule is COc1cc2c(cc1OC)-c1[nH]nc(N(c3cccc(F)c3)[C@@H]3O[C@H](C(C)=O)[C@@H](O)[C@H](O)[C@H]3O)c1C2. The number of anilines is 2. The predicted octanol–water partition coefficient (Wildman–Crippen LogP) is 1.67. The van der Waals surface area contributed by atoms with Gasteiger partial charge < -0.3 is 29.5 Å². The van der Waals surface area contributed by atoms with Gasteiger partial charge in [0.25, 0.3) is 0 Å². The van der Waals surface area contributed by atoms with E-state index in [1.807, 2.05) is 12.1 Å². The van der Waals surface area contributed by atoms with Crippen LogP contribution in [0.5, 0.6) is 11.5 Å². The lowest BCUT2D eigenvalue weighted by Gasteiger charge is -2.44. The van der Waals surface area contributed by atoms with Crippen molar-refractivity contribution in [3.05, 3.63) is 53.3 Å². The van der Waals surface area contributed by atoms with Crippen LogP contribution < -0.4 is 14.4 Å². The normalized spacial score (nSPS) is 24.7. The molecule has 4 N–H and O–H groups in total. The Hall–Kier alpha value is -3.51. The Morgan fingerprint density at radius 2 is 1.83 bits per heavy atom. The van der Waals surface area contributed by atoms with Gasteiger partial charge in [-0.2, -0.15) is 5.10 Å². The summed E-state index contributed by atoms with van der Waals surface area (Å²) in [4.78, 5) is 13.6. The van der Waals surface area contributed by atoms with Gasteiger partial charge in [-0.25, -0.2) is 4.39 Å². The van der Waals surface area contributed by atoms with E-state index in [9.17, 15) is 24.5 Å². The molecule has 190 valence electrons. The van der Waals surface area contributed by atoms with Crippen molar-refractivity contribution in [2.45, 2.75) is 44.0 Å². The van der Waals surface area contributed by atoms with E-state index in [1.54, 1.807) is 13.2 Å². The minimum atomic E-state index is -1.69. The molecule has 0 radical (unpaired) electrons. The van der Waals surface area contributed by atoms with E-state index < -0.39 is 42.2 Å². The monoisotopic (exact) mass is 499 g/mol. The highest BCUT2D eigenvalue weighted by molar-refractivity contribution is 5.83. The fraction of sp³-hybridized carbons (Fsp3) is 0.360. The summed E-state index contributed by atoms with van der Waals surface area (Å²) >= 11 is 0. The van der Waals surface area contributed by atoms with E-state index in [2.05, 4.69) is 10.2 Å². The molecule has 2 aliphatic rings. The van der Waals surface area contributed by atoms with Crippen LogP contribution in [0.1, 0.15) is 18.1 Å². The number of nitrogens with zero attached hydrogens (tertiary/aromatic N) is 2. The lowest BCUT2D eigenvalue weighted by molar-refractivity contribution is -0.216. The Bertz CT molecular complexity index is 1310. The fourth-order valence-electron chi connectivity index (χ4n) is 4.86. The Morgan fingerprint density at radius 3 is 2.50 bits per heavy atom. The number of benzene rings is 2. The molecule has 1 aliphatic carbocycles. The zero-order valence-corrected chi connectivity index (χ0v) is 19.8. The summed E-state index contributed by atoms with van der Waals surface area (Å²) in [6.07, 6.45) is -7.30. The Balaban J connectivity index is 1.64. The van der Waals surface area contributed by atoms with Gasteiger partial charge in [0.15, 0.2) is 29.3 Å². The van der Waals surface area contributed by atoms with Gasteiger partial charge in [0.2, 0.25) is 0 Å². The molecule has 1 aliphatic heterocycles. The van der Waals surface area contributed by atoms with Crippen molar-refractivity contribution in [3.8, 4) is 22.8 Å². The van der Waals surface area contributed by atoms with E-state index in [0.717, 1.165) is 16.7 Å². The Kier molecular flexibility index (Phi) is 6.17. The van der Waals surface area contributed by atoms with Crippen molar-refractivity contribution in [3.63, 3.8) is 0 Å². The number of aliphatic hydroxyl groups excluding tert-OH is 3. The average Bonchev–Trinajstić information content (AvgIpc) is 3.42. The molecule has 5 rings (SSSR count). The first-order valence-electron chi connectivity index (χ1n) is 11.3. The van der Waals surface area contributed by atoms with Crippen LogP contribution in [0.3, 0.4) is 0 Å². The number of ketones is 1. The molecule has 3 aromatic rings. The van der Waals surface area contributed by atoms with Gasteiger partial charge >= 0.3 is 0 Å². The van der Waals surface area contributed by atoms with Crippen LogP contribution in [-0.4, -0.2) is 76.2 Å². The first-order valence-corrected chi connectivity index (χ1v) is 11.3. The van der Waals surface area contributed by atoms with Gasteiger partial charge in [-0.15, -0.1) is 0 Å². The number of aromatic nitrogens is 2. The highest BCUT2D eigenvalue weighted by Gasteiger charge is 2.49.